The first kappa shape index (κ1) is 24.5. The minimum Gasteiger partial charge on any atom is -0.295 e. The van der Waals surface area contributed by atoms with Gasteiger partial charge in [0.05, 0.1) is 22.1 Å². The van der Waals surface area contributed by atoms with E-state index in [1.807, 2.05) is 0 Å². The van der Waals surface area contributed by atoms with E-state index in [1.54, 1.807) is 34.6 Å². The molecule has 0 N–H and O–H groups in total. The van der Waals surface area contributed by atoms with E-state index in [1.165, 1.54) is 28.6 Å². The van der Waals surface area contributed by atoms with Gasteiger partial charge in [-0.05, 0) is 31.0 Å². The molecular formula is C20H22N4O7S2. The summed E-state index contributed by atoms with van der Waals surface area (Å²) in [5, 5.41) is 0. The molecule has 33 heavy (non-hydrogen) atoms. The van der Waals surface area contributed by atoms with E-state index in [9.17, 15) is 21.6 Å². The number of pyridine rings is 1. The SMILES string of the molecule is Cn1c(=O)n(C2CCN(S(=O)(=O)c3ccccc3S(C)(=O)=O)CC2)c2cnccc21.O=C=O. The Labute approximate surface area is 190 Å². The lowest BCUT2D eigenvalue weighted by atomic mass is 10.1. The van der Waals surface area contributed by atoms with E-state index >= 15 is 0 Å². The van der Waals surface area contributed by atoms with Crippen molar-refractivity contribution in [3.63, 3.8) is 0 Å². The lowest BCUT2D eigenvalue weighted by Gasteiger charge is -2.32. The molecule has 1 aliphatic rings. The average Bonchev–Trinajstić information content (AvgIpc) is 3.04. The third-order valence-electron chi connectivity index (χ3n) is 5.55. The fourth-order valence-electron chi connectivity index (χ4n) is 4.02. The topological polar surface area (TPSA) is 145 Å². The highest BCUT2D eigenvalue weighted by atomic mass is 32.2. The van der Waals surface area contributed by atoms with Crippen LogP contribution in [0.1, 0.15) is 18.9 Å². The molecule has 0 aliphatic carbocycles. The maximum atomic E-state index is 13.2. The van der Waals surface area contributed by atoms with Crippen molar-refractivity contribution in [2.75, 3.05) is 19.3 Å². The maximum Gasteiger partial charge on any atom is 0.373 e. The number of hydrogen-bond acceptors (Lipinski definition) is 8. The maximum absolute atomic E-state index is 13.2. The Morgan fingerprint density at radius 2 is 1.55 bits per heavy atom. The van der Waals surface area contributed by atoms with E-state index < -0.39 is 19.9 Å². The van der Waals surface area contributed by atoms with Gasteiger partial charge in [0, 0.05) is 38.6 Å². The molecule has 3 aromatic rings. The monoisotopic (exact) mass is 494 g/mol. The summed E-state index contributed by atoms with van der Waals surface area (Å²) in [7, 11) is -5.98. The van der Waals surface area contributed by atoms with Crippen LogP contribution in [0.3, 0.4) is 0 Å². The van der Waals surface area contributed by atoms with Gasteiger partial charge in [-0.3, -0.25) is 14.1 Å². The molecule has 0 unspecified atom stereocenters. The van der Waals surface area contributed by atoms with E-state index in [-0.39, 0.29) is 40.8 Å². The normalized spacial score (nSPS) is 15.6. The van der Waals surface area contributed by atoms with Crippen molar-refractivity contribution >= 4 is 37.0 Å². The Balaban J connectivity index is 0.000000968. The van der Waals surface area contributed by atoms with Crippen LogP contribution >= 0.6 is 0 Å². The van der Waals surface area contributed by atoms with Gasteiger partial charge in [-0.2, -0.15) is 13.9 Å². The summed E-state index contributed by atoms with van der Waals surface area (Å²) in [5.41, 5.74) is 1.32. The average molecular weight is 495 g/mol. The van der Waals surface area contributed by atoms with Crippen molar-refractivity contribution in [2.24, 2.45) is 7.05 Å². The first-order chi connectivity index (χ1) is 15.5. The van der Waals surface area contributed by atoms with Crippen molar-refractivity contribution < 1.29 is 26.4 Å². The fourth-order valence-corrected chi connectivity index (χ4v) is 7.09. The van der Waals surface area contributed by atoms with Crippen LogP contribution < -0.4 is 5.69 Å². The standard InChI is InChI=1S/C19H22N4O5S2.CO2/c1-21-15-7-10-20-13-16(15)23(19(21)24)14-8-11-22(12-9-14)30(27,28)18-6-4-3-5-17(18)29(2,25)26;2-1-3/h3-7,10,13-14H,8-9,11-12H2,1-2H3;. The number of sulfonamides is 1. The smallest absolute Gasteiger partial charge is 0.295 e. The predicted octanol–water partition coefficient (Wildman–Crippen LogP) is 0.581. The number of rotatable bonds is 4. The second-order valence-corrected chi connectivity index (χ2v) is 11.4. The summed E-state index contributed by atoms with van der Waals surface area (Å²) in [6.45, 7) is 0.377. The van der Waals surface area contributed by atoms with Crippen LogP contribution in [0.15, 0.2) is 57.3 Å². The molecule has 3 heterocycles. The number of hydrogen-bond donors (Lipinski definition) is 0. The van der Waals surface area contributed by atoms with Gasteiger partial charge < -0.3 is 0 Å². The van der Waals surface area contributed by atoms with E-state index in [0.29, 0.717) is 18.4 Å². The lowest BCUT2D eigenvalue weighted by molar-refractivity contribution is -0.191. The summed E-state index contributed by atoms with van der Waals surface area (Å²) < 4.78 is 55.0. The second-order valence-electron chi connectivity index (χ2n) is 7.51. The molecule has 1 aromatic carbocycles. The summed E-state index contributed by atoms with van der Waals surface area (Å²) >= 11 is 0. The number of piperidine rings is 1. The number of aryl methyl sites for hydroxylation is 1. The van der Waals surface area contributed by atoms with E-state index in [2.05, 4.69) is 4.98 Å². The molecule has 0 saturated carbocycles. The first-order valence-corrected chi connectivity index (χ1v) is 13.2. The van der Waals surface area contributed by atoms with Gasteiger partial charge >= 0.3 is 11.8 Å². The van der Waals surface area contributed by atoms with Crippen molar-refractivity contribution in [1.82, 2.24) is 18.4 Å². The van der Waals surface area contributed by atoms with Crippen LogP contribution in [0.5, 0.6) is 0 Å². The molecule has 2 aromatic heterocycles. The van der Waals surface area contributed by atoms with Crippen LogP contribution in [0.4, 0.5) is 0 Å². The molecule has 0 bridgehead atoms. The quantitative estimate of drug-likeness (QED) is 0.512. The Kier molecular flexibility index (Phi) is 6.98. The lowest BCUT2D eigenvalue weighted by Crippen LogP contribution is -2.41. The number of carbonyl (C=O) groups excluding carboxylic acids is 2. The molecule has 176 valence electrons. The highest BCUT2D eigenvalue weighted by molar-refractivity contribution is 7.93. The van der Waals surface area contributed by atoms with Crippen LogP contribution in [0.25, 0.3) is 11.0 Å². The third-order valence-corrected chi connectivity index (χ3v) is 8.79. The van der Waals surface area contributed by atoms with Gasteiger partial charge in [-0.15, -0.1) is 0 Å². The molecular weight excluding hydrogens is 472 g/mol. The van der Waals surface area contributed by atoms with Gasteiger partial charge in [-0.25, -0.2) is 21.6 Å². The largest absolute Gasteiger partial charge is 0.373 e. The number of imidazole rings is 1. The van der Waals surface area contributed by atoms with Crippen molar-refractivity contribution in [2.45, 2.75) is 28.7 Å². The Hall–Kier alpha value is -3.12. The summed E-state index contributed by atoms with van der Waals surface area (Å²) in [4.78, 5) is 32.7. The van der Waals surface area contributed by atoms with Gasteiger partial charge in [0.15, 0.2) is 9.84 Å². The predicted molar refractivity (Wildman–Crippen MR) is 117 cm³/mol. The van der Waals surface area contributed by atoms with Crippen molar-refractivity contribution in [1.29, 1.82) is 0 Å². The highest BCUT2D eigenvalue weighted by Gasteiger charge is 2.34. The molecule has 1 fully saturated rings. The minimum atomic E-state index is -3.98. The van der Waals surface area contributed by atoms with Crippen molar-refractivity contribution in [3.8, 4) is 0 Å². The van der Waals surface area contributed by atoms with Gasteiger partial charge in [0.2, 0.25) is 10.0 Å². The summed E-state index contributed by atoms with van der Waals surface area (Å²) in [6.07, 6.45) is 5.39. The van der Waals surface area contributed by atoms with Crippen LogP contribution in [0.2, 0.25) is 0 Å². The molecule has 11 nitrogen and oxygen atoms in total. The molecule has 0 spiro atoms. The minimum absolute atomic E-state index is 0.165. The molecule has 0 atom stereocenters. The van der Waals surface area contributed by atoms with Crippen molar-refractivity contribution in [3.05, 3.63) is 53.2 Å². The molecule has 4 rings (SSSR count). The van der Waals surface area contributed by atoms with E-state index in [4.69, 9.17) is 9.59 Å². The first-order valence-electron chi connectivity index (χ1n) is 9.83. The molecule has 0 radical (unpaired) electrons. The zero-order valence-electron chi connectivity index (χ0n) is 17.9. The molecule has 1 saturated heterocycles. The van der Waals surface area contributed by atoms with Crippen LogP contribution in [-0.2, 0) is 36.5 Å². The zero-order chi connectivity index (χ0) is 24.4. The highest BCUT2D eigenvalue weighted by Crippen LogP contribution is 2.30. The Bertz CT molecular complexity index is 1480. The fraction of sp³-hybridized carbons (Fsp3) is 0.350. The number of nitrogens with zero attached hydrogens (tertiary/aromatic N) is 4. The number of aromatic nitrogens is 3. The number of fused-ring (bicyclic) bond motifs is 1. The molecule has 13 heteroatoms. The Morgan fingerprint density at radius 3 is 2.12 bits per heavy atom. The third kappa shape index (κ3) is 4.67. The Morgan fingerprint density at radius 1 is 0.970 bits per heavy atom. The van der Waals surface area contributed by atoms with Crippen LogP contribution in [-0.4, -0.2) is 60.8 Å². The number of sulfone groups is 1. The molecule has 0 amide bonds. The molecule has 1 aliphatic heterocycles. The van der Waals surface area contributed by atoms with Gasteiger partial charge in [0.1, 0.15) is 4.90 Å². The second kappa shape index (κ2) is 9.40. The van der Waals surface area contributed by atoms with Gasteiger partial charge in [0.25, 0.3) is 0 Å². The zero-order valence-corrected chi connectivity index (χ0v) is 19.5. The number of benzene rings is 1. The summed E-state index contributed by atoms with van der Waals surface area (Å²) in [5.74, 6) is 0. The van der Waals surface area contributed by atoms with Gasteiger partial charge in [-0.1, -0.05) is 12.1 Å². The van der Waals surface area contributed by atoms with E-state index in [0.717, 1.165) is 11.8 Å². The van der Waals surface area contributed by atoms with Crippen LogP contribution in [0, 0.1) is 0 Å². The summed E-state index contributed by atoms with van der Waals surface area (Å²) in [6, 6.07) is 7.24.